The van der Waals surface area contributed by atoms with Gasteiger partial charge in [-0.15, -0.1) is 0 Å². The first-order chi connectivity index (χ1) is 16.5. The number of aromatic nitrogens is 3. The molecular weight excluding hydrogens is 462 g/mol. The van der Waals surface area contributed by atoms with Gasteiger partial charge < -0.3 is 14.8 Å². The van der Waals surface area contributed by atoms with Gasteiger partial charge in [0, 0.05) is 40.1 Å². The fourth-order valence-electron chi connectivity index (χ4n) is 5.00. The molecule has 7 heteroatoms. The number of pyridine rings is 2. The summed E-state index contributed by atoms with van der Waals surface area (Å²) >= 11 is 12.2. The Labute approximate surface area is 210 Å². The van der Waals surface area contributed by atoms with Gasteiger partial charge in [-0.25, -0.2) is 0 Å². The van der Waals surface area contributed by atoms with Crippen molar-refractivity contribution >= 4 is 28.9 Å². The molecule has 5 nitrogen and oxygen atoms in total. The van der Waals surface area contributed by atoms with Gasteiger partial charge in [-0.2, -0.15) is 0 Å². The fraction of sp³-hybridized carbons (Fsp3) is 0.222. The largest absolute Gasteiger partial charge is 0.352 e. The Bertz CT molecular complexity index is 1340. The molecule has 0 bridgehead atoms. The van der Waals surface area contributed by atoms with Crippen LogP contribution < -0.4 is 5.32 Å². The minimum absolute atomic E-state index is 0.0384. The van der Waals surface area contributed by atoms with Gasteiger partial charge in [0.05, 0.1) is 30.0 Å². The summed E-state index contributed by atoms with van der Waals surface area (Å²) in [4.78, 5) is 11.5. The highest BCUT2D eigenvalue weighted by Gasteiger charge is 2.42. The smallest absolute Gasteiger partial charge is 0.170 e. The van der Waals surface area contributed by atoms with Crippen molar-refractivity contribution < 1.29 is 0 Å². The Morgan fingerprint density at radius 3 is 2.38 bits per heavy atom. The van der Waals surface area contributed by atoms with E-state index in [1.54, 1.807) is 0 Å². The van der Waals surface area contributed by atoms with Crippen molar-refractivity contribution in [3.05, 3.63) is 112 Å². The van der Waals surface area contributed by atoms with Crippen LogP contribution in [0.2, 0.25) is 5.02 Å². The number of nitrogens with zero attached hydrogens (tertiary/aromatic N) is 4. The third kappa shape index (κ3) is 3.97. The summed E-state index contributed by atoms with van der Waals surface area (Å²) in [7, 11) is 0. The first-order valence-corrected chi connectivity index (χ1v) is 12.1. The molecule has 4 aromatic rings. The lowest BCUT2D eigenvalue weighted by atomic mass is 9.93. The van der Waals surface area contributed by atoms with Crippen molar-refractivity contribution in [2.45, 2.75) is 39.4 Å². The second-order valence-corrected chi connectivity index (χ2v) is 9.42. The van der Waals surface area contributed by atoms with Crippen LogP contribution in [0.25, 0.3) is 5.69 Å². The molecule has 5 rings (SSSR count). The molecule has 1 saturated heterocycles. The van der Waals surface area contributed by atoms with Crippen molar-refractivity contribution in [3.63, 3.8) is 0 Å². The monoisotopic (exact) mass is 487 g/mol. The van der Waals surface area contributed by atoms with E-state index in [-0.39, 0.29) is 12.1 Å². The van der Waals surface area contributed by atoms with Crippen molar-refractivity contribution in [2.75, 3.05) is 0 Å². The van der Waals surface area contributed by atoms with Gasteiger partial charge in [-0.1, -0.05) is 29.8 Å². The van der Waals surface area contributed by atoms with Crippen LogP contribution in [0, 0.1) is 20.8 Å². The molecule has 1 N–H and O–H groups in total. The Kier molecular flexibility index (Phi) is 6.11. The maximum Gasteiger partial charge on any atom is 0.170 e. The molecule has 0 amide bonds. The Morgan fingerprint density at radius 1 is 0.941 bits per heavy atom. The molecule has 0 radical (unpaired) electrons. The topological polar surface area (TPSA) is 46.0 Å². The molecular formula is C27H26ClN5S. The van der Waals surface area contributed by atoms with Gasteiger partial charge in [-0.05, 0) is 81.0 Å². The van der Waals surface area contributed by atoms with Crippen molar-refractivity contribution in [1.29, 1.82) is 0 Å². The average Bonchev–Trinajstić information content (AvgIpc) is 3.27. The summed E-state index contributed by atoms with van der Waals surface area (Å²) < 4.78 is 2.28. The Balaban J connectivity index is 1.67. The van der Waals surface area contributed by atoms with Crippen LogP contribution in [0.4, 0.5) is 0 Å². The highest BCUT2D eigenvalue weighted by atomic mass is 35.5. The minimum atomic E-state index is -0.0792. The lowest BCUT2D eigenvalue weighted by Crippen LogP contribution is -2.30. The van der Waals surface area contributed by atoms with E-state index >= 15 is 0 Å². The zero-order chi connectivity index (χ0) is 23.8. The van der Waals surface area contributed by atoms with E-state index in [9.17, 15) is 0 Å². The zero-order valence-corrected chi connectivity index (χ0v) is 20.9. The fourth-order valence-corrected chi connectivity index (χ4v) is 5.49. The number of thiocarbonyl (C=S) groups is 1. The van der Waals surface area contributed by atoms with Gasteiger partial charge >= 0.3 is 0 Å². The van der Waals surface area contributed by atoms with E-state index < -0.39 is 0 Å². The van der Waals surface area contributed by atoms with Crippen molar-refractivity contribution in [3.8, 4) is 5.69 Å². The molecule has 0 saturated carbocycles. The van der Waals surface area contributed by atoms with Crippen LogP contribution in [0.5, 0.6) is 0 Å². The second-order valence-electron chi connectivity index (χ2n) is 8.60. The molecule has 1 fully saturated rings. The number of rotatable bonds is 5. The predicted molar refractivity (Wildman–Crippen MR) is 140 cm³/mol. The standard InChI is InChI=1S/C27H26ClN5S/c1-17-18(2)33(22-11-8-9-20(28)15-22)19(3)24(17)26-25(23-12-5-7-14-30-23)31-27(34)32(26)16-21-10-4-6-13-29-21/h4-15,25-26H,16H2,1-3H3,(H,31,34)/t25-,26-/m1/s1. The van der Waals surface area contributed by atoms with Gasteiger partial charge in [0.2, 0.25) is 0 Å². The molecule has 4 heterocycles. The van der Waals surface area contributed by atoms with E-state index in [0.717, 1.165) is 22.1 Å². The summed E-state index contributed by atoms with van der Waals surface area (Å²) in [6, 6.07) is 19.9. The molecule has 172 valence electrons. The molecule has 0 unspecified atom stereocenters. The molecule has 1 aliphatic heterocycles. The number of hydrogen-bond acceptors (Lipinski definition) is 3. The average molecular weight is 488 g/mol. The maximum atomic E-state index is 6.35. The SMILES string of the molecule is Cc1c([C@@H]2[C@@H](c3ccccn3)NC(=S)N2Cc2ccccn2)c(C)n(-c2cccc(Cl)c2)c1C. The van der Waals surface area contributed by atoms with E-state index in [1.807, 2.05) is 60.9 Å². The second kappa shape index (κ2) is 9.20. The summed E-state index contributed by atoms with van der Waals surface area (Å²) in [5.41, 5.74) is 7.82. The highest BCUT2D eigenvalue weighted by molar-refractivity contribution is 7.80. The van der Waals surface area contributed by atoms with Crippen LogP contribution in [-0.4, -0.2) is 24.5 Å². The van der Waals surface area contributed by atoms with Gasteiger partial charge in [-0.3, -0.25) is 9.97 Å². The van der Waals surface area contributed by atoms with Crippen LogP contribution >= 0.6 is 23.8 Å². The van der Waals surface area contributed by atoms with Crippen LogP contribution in [0.1, 0.15) is 46.0 Å². The van der Waals surface area contributed by atoms with Gasteiger partial charge in [0.15, 0.2) is 5.11 Å². The number of hydrogen-bond donors (Lipinski definition) is 1. The van der Waals surface area contributed by atoms with Crippen LogP contribution in [0.15, 0.2) is 73.1 Å². The molecule has 34 heavy (non-hydrogen) atoms. The summed E-state index contributed by atoms with van der Waals surface area (Å²) in [5, 5.41) is 4.98. The molecule has 3 aromatic heterocycles. The number of nitrogens with one attached hydrogen (secondary N) is 1. The molecule has 0 spiro atoms. The van der Waals surface area contributed by atoms with E-state index in [1.165, 1.54) is 22.5 Å². The van der Waals surface area contributed by atoms with Crippen LogP contribution in [-0.2, 0) is 6.54 Å². The van der Waals surface area contributed by atoms with E-state index in [0.29, 0.717) is 11.7 Å². The summed E-state index contributed by atoms with van der Waals surface area (Å²) in [6.45, 7) is 7.13. The first-order valence-electron chi connectivity index (χ1n) is 11.3. The minimum Gasteiger partial charge on any atom is -0.352 e. The third-order valence-electron chi connectivity index (χ3n) is 6.63. The van der Waals surface area contributed by atoms with E-state index in [4.69, 9.17) is 23.8 Å². The van der Waals surface area contributed by atoms with Gasteiger partial charge in [0.1, 0.15) is 0 Å². The third-order valence-corrected chi connectivity index (χ3v) is 7.21. The van der Waals surface area contributed by atoms with Crippen LogP contribution in [0.3, 0.4) is 0 Å². The normalized spacial score (nSPS) is 17.8. The van der Waals surface area contributed by atoms with Crippen molar-refractivity contribution in [1.82, 2.24) is 24.8 Å². The molecule has 1 aliphatic rings. The molecule has 1 aromatic carbocycles. The maximum absolute atomic E-state index is 6.35. The Hall–Kier alpha value is -3.22. The first kappa shape index (κ1) is 22.6. The number of benzene rings is 1. The molecule has 2 atom stereocenters. The Morgan fingerprint density at radius 2 is 1.71 bits per heavy atom. The van der Waals surface area contributed by atoms with E-state index in [2.05, 4.69) is 57.7 Å². The quantitative estimate of drug-likeness (QED) is 0.349. The highest BCUT2D eigenvalue weighted by Crippen LogP contribution is 2.44. The summed E-state index contributed by atoms with van der Waals surface area (Å²) in [5.74, 6) is 0. The molecule has 0 aliphatic carbocycles. The lowest BCUT2D eigenvalue weighted by Gasteiger charge is -2.28. The predicted octanol–water partition coefficient (Wildman–Crippen LogP) is 6.02. The number of halogens is 1. The lowest BCUT2D eigenvalue weighted by molar-refractivity contribution is 0.306. The van der Waals surface area contributed by atoms with Crippen molar-refractivity contribution in [2.24, 2.45) is 0 Å². The summed E-state index contributed by atoms with van der Waals surface area (Å²) in [6.07, 6.45) is 3.66. The zero-order valence-electron chi connectivity index (χ0n) is 19.4. The van der Waals surface area contributed by atoms with Gasteiger partial charge in [0.25, 0.3) is 0 Å².